The lowest BCUT2D eigenvalue weighted by molar-refractivity contribution is 0.463. The molecule has 1 heteroatoms. The molecule has 0 heterocycles. The van der Waals surface area contributed by atoms with Crippen LogP contribution in [0.2, 0.25) is 0 Å². The molecule has 129 valence electrons. The van der Waals surface area contributed by atoms with E-state index in [-0.39, 0.29) is 0 Å². The molecule has 0 spiro atoms. The van der Waals surface area contributed by atoms with Gasteiger partial charge >= 0.3 is 0 Å². The first-order valence-corrected chi connectivity index (χ1v) is 9.58. The Bertz CT molecular complexity index is 422. The van der Waals surface area contributed by atoms with E-state index < -0.39 is 0 Å². The number of hydrogen-bond donors (Lipinski definition) is 0. The molecule has 1 aromatic carbocycles. The lowest BCUT2D eigenvalue weighted by Gasteiger charge is -2.10. The van der Waals surface area contributed by atoms with Crippen molar-refractivity contribution in [2.24, 2.45) is 5.92 Å². The summed E-state index contributed by atoms with van der Waals surface area (Å²) in [4.78, 5) is 0. The van der Waals surface area contributed by atoms with Crippen LogP contribution in [0, 0.1) is 12.0 Å². The van der Waals surface area contributed by atoms with Crippen LogP contribution in [-0.4, -0.2) is 0 Å². The van der Waals surface area contributed by atoms with Gasteiger partial charge in [0.2, 0.25) is 0 Å². The Balaban J connectivity index is 2.31. The molecule has 23 heavy (non-hydrogen) atoms. The van der Waals surface area contributed by atoms with E-state index in [1.54, 1.807) is 0 Å². The Morgan fingerprint density at radius 1 is 1.13 bits per heavy atom. The maximum Gasteiger partial charge on any atom is 0.130 e. The second-order valence-electron chi connectivity index (χ2n) is 6.63. The van der Waals surface area contributed by atoms with Crippen molar-refractivity contribution in [2.75, 3.05) is 0 Å². The fourth-order valence-corrected chi connectivity index (χ4v) is 2.65. The molecule has 0 amide bonds. The molecule has 1 radical (unpaired) electrons. The van der Waals surface area contributed by atoms with Crippen LogP contribution in [0.3, 0.4) is 0 Å². The van der Waals surface area contributed by atoms with Crippen molar-refractivity contribution in [1.82, 2.24) is 0 Å². The van der Waals surface area contributed by atoms with Crippen LogP contribution >= 0.6 is 0 Å². The van der Waals surface area contributed by atoms with E-state index in [9.17, 15) is 0 Å². The molecule has 0 fully saturated rings. The molecule has 0 N–H and O–H groups in total. The van der Waals surface area contributed by atoms with Gasteiger partial charge in [-0.1, -0.05) is 71.4 Å². The molecular weight excluding hydrogens is 280 g/mol. The number of benzene rings is 1. The predicted octanol–water partition coefficient (Wildman–Crippen LogP) is 7.11. The second-order valence-corrected chi connectivity index (χ2v) is 6.63. The highest BCUT2D eigenvalue weighted by Crippen LogP contribution is 2.21. The molecule has 1 aromatic rings. The lowest BCUT2D eigenvalue weighted by Crippen LogP contribution is -1.95. The number of rotatable bonds is 13. The molecule has 0 aliphatic rings. The number of hydrogen-bond acceptors (Lipinski definition) is 1. The summed E-state index contributed by atoms with van der Waals surface area (Å²) < 4.78 is 5.83. The van der Waals surface area contributed by atoms with E-state index in [0.29, 0.717) is 0 Å². The highest BCUT2D eigenvalue weighted by atomic mass is 16.5. The van der Waals surface area contributed by atoms with E-state index in [1.165, 1.54) is 56.9 Å². The van der Waals surface area contributed by atoms with Crippen molar-refractivity contribution in [3.8, 4) is 5.75 Å². The molecule has 0 bridgehead atoms. The summed E-state index contributed by atoms with van der Waals surface area (Å²) in [5.41, 5.74) is 1.31. The zero-order valence-corrected chi connectivity index (χ0v) is 15.4. The number of aryl methyl sites for hydroxylation is 1. The van der Waals surface area contributed by atoms with Gasteiger partial charge in [-0.25, -0.2) is 0 Å². The van der Waals surface area contributed by atoms with Crippen LogP contribution in [0.15, 0.2) is 30.5 Å². The molecular formula is C22H35O. The van der Waals surface area contributed by atoms with E-state index in [0.717, 1.165) is 24.5 Å². The quantitative estimate of drug-likeness (QED) is 0.278. The standard InChI is InChI=1S/C22H35O/c1-4-6-7-8-9-14-19-23-22-18-13-12-17-21(22)16-11-10-15-20(3)5-2/h12,14,17-20H,4-11,15-16H2,1-3H3. The monoisotopic (exact) mass is 315 g/mol. The Morgan fingerprint density at radius 3 is 2.78 bits per heavy atom. The van der Waals surface area contributed by atoms with Gasteiger partial charge < -0.3 is 4.74 Å². The molecule has 1 nitrogen and oxygen atoms in total. The van der Waals surface area contributed by atoms with Crippen LogP contribution in [0.25, 0.3) is 0 Å². The smallest absolute Gasteiger partial charge is 0.130 e. The van der Waals surface area contributed by atoms with Gasteiger partial charge in [0.05, 0.1) is 6.26 Å². The summed E-state index contributed by atoms with van der Waals surface area (Å²) in [6.07, 6.45) is 16.6. The van der Waals surface area contributed by atoms with Crippen molar-refractivity contribution in [1.29, 1.82) is 0 Å². The zero-order chi connectivity index (χ0) is 16.8. The van der Waals surface area contributed by atoms with Crippen molar-refractivity contribution in [2.45, 2.75) is 85.0 Å². The highest BCUT2D eigenvalue weighted by molar-refractivity contribution is 5.33. The van der Waals surface area contributed by atoms with Gasteiger partial charge in [-0.15, -0.1) is 0 Å². The average molecular weight is 316 g/mol. The maximum absolute atomic E-state index is 5.83. The second kappa shape index (κ2) is 13.2. The Morgan fingerprint density at radius 2 is 2.00 bits per heavy atom. The van der Waals surface area contributed by atoms with Crippen molar-refractivity contribution < 1.29 is 4.74 Å². The average Bonchev–Trinajstić information content (AvgIpc) is 2.58. The molecule has 0 aliphatic heterocycles. The number of ether oxygens (including phenoxy) is 1. The summed E-state index contributed by atoms with van der Waals surface area (Å²) in [7, 11) is 0. The number of unbranched alkanes of at least 4 members (excludes halogenated alkanes) is 5. The molecule has 0 saturated carbocycles. The summed E-state index contributed by atoms with van der Waals surface area (Å²) in [6.45, 7) is 6.87. The van der Waals surface area contributed by atoms with Crippen LogP contribution in [0.1, 0.15) is 84.1 Å². The normalized spacial score (nSPS) is 12.7. The summed E-state index contributed by atoms with van der Waals surface area (Å²) in [5, 5.41) is 0. The Hall–Kier alpha value is -1.24. The third kappa shape index (κ3) is 9.48. The van der Waals surface area contributed by atoms with Crippen LogP contribution < -0.4 is 4.74 Å². The maximum atomic E-state index is 5.83. The molecule has 1 rings (SSSR count). The Labute approximate surface area is 144 Å². The van der Waals surface area contributed by atoms with E-state index in [1.807, 2.05) is 18.4 Å². The summed E-state index contributed by atoms with van der Waals surface area (Å²) >= 11 is 0. The van der Waals surface area contributed by atoms with E-state index >= 15 is 0 Å². The van der Waals surface area contributed by atoms with Gasteiger partial charge in [-0.3, -0.25) is 0 Å². The molecule has 0 aliphatic carbocycles. The lowest BCUT2D eigenvalue weighted by atomic mass is 9.99. The highest BCUT2D eigenvalue weighted by Gasteiger charge is 2.03. The first-order chi connectivity index (χ1) is 11.3. The van der Waals surface area contributed by atoms with Gasteiger partial charge in [0.25, 0.3) is 0 Å². The summed E-state index contributed by atoms with van der Waals surface area (Å²) in [6, 6.07) is 9.23. The molecule has 0 aromatic heterocycles. The molecule has 1 unspecified atom stereocenters. The minimum absolute atomic E-state index is 0.852. The minimum atomic E-state index is 0.852. The zero-order valence-electron chi connectivity index (χ0n) is 15.4. The fraction of sp³-hybridized carbons (Fsp3) is 0.636. The summed E-state index contributed by atoms with van der Waals surface area (Å²) in [5.74, 6) is 1.83. The van der Waals surface area contributed by atoms with Crippen LogP contribution in [0.4, 0.5) is 0 Å². The van der Waals surface area contributed by atoms with Crippen LogP contribution in [0.5, 0.6) is 5.75 Å². The topological polar surface area (TPSA) is 9.23 Å². The third-order valence-electron chi connectivity index (χ3n) is 4.52. The van der Waals surface area contributed by atoms with Gasteiger partial charge in [0, 0.05) is 0 Å². The van der Waals surface area contributed by atoms with E-state index in [4.69, 9.17) is 4.74 Å². The SMILES string of the molecule is CCCCCCC=COc1c[c]ccc1CCCCC(C)CC. The molecule has 0 saturated heterocycles. The first kappa shape index (κ1) is 19.8. The van der Waals surface area contributed by atoms with E-state index in [2.05, 4.69) is 39.0 Å². The third-order valence-corrected chi connectivity index (χ3v) is 4.52. The molecule has 1 atom stereocenters. The Kier molecular flexibility index (Phi) is 11.4. The van der Waals surface area contributed by atoms with Gasteiger partial charge in [0.1, 0.15) is 5.75 Å². The van der Waals surface area contributed by atoms with Crippen molar-refractivity contribution >= 4 is 0 Å². The largest absolute Gasteiger partial charge is 0.465 e. The van der Waals surface area contributed by atoms with Gasteiger partial charge in [0.15, 0.2) is 0 Å². The van der Waals surface area contributed by atoms with Crippen molar-refractivity contribution in [3.63, 3.8) is 0 Å². The number of allylic oxidation sites excluding steroid dienone is 1. The first-order valence-electron chi connectivity index (χ1n) is 9.58. The van der Waals surface area contributed by atoms with Gasteiger partial charge in [-0.05, 0) is 55.4 Å². The van der Waals surface area contributed by atoms with Crippen molar-refractivity contribution in [3.05, 3.63) is 42.2 Å². The van der Waals surface area contributed by atoms with Gasteiger partial charge in [-0.2, -0.15) is 0 Å². The van der Waals surface area contributed by atoms with Crippen LogP contribution in [-0.2, 0) is 6.42 Å². The fourth-order valence-electron chi connectivity index (χ4n) is 2.65. The minimum Gasteiger partial charge on any atom is -0.465 e. The predicted molar refractivity (Wildman–Crippen MR) is 101 cm³/mol.